The molecular formula is C20H22N4O3. The van der Waals surface area contributed by atoms with Crippen molar-refractivity contribution >= 4 is 29.2 Å². The molecule has 0 bridgehead atoms. The third-order valence-electron chi connectivity index (χ3n) is 4.63. The zero-order chi connectivity index (χ0) is 19.2. The van der Waals surface area contributed by atoms with Gasteiger partial charge in [0.1, 0.15) is 0 Å². The number of benzene rings is 2. The first-order valence-electron chi connectivity index (χ1n) is 8.85. The highest BCUT2D eigenvalue weighted by Crippen LogP contribution is 2.22. The van der Waals surface area contributed by atoms with E-state index in [0.29, 0.717) is 31.6 Å². The van der Waals surface area contributed by atoms with Crippen LogP contribution in [0.4, 0.5) is 16.2 Å². The minimum atomic E-state index is -0.585. The molecule has 0 atom stereocenters. The zero-order valence-corrected chi connectivity index (χ0v) is 14.9. The Bertz CT molecular complexity index is 830. The van der Waals surface area contributed by atoms with Crippen LogP contribution in [0.25, 0.3) is 0 Å². The molecule has 1 heterocycles. The van der Waals surface area contributed by atoms with Crippen molar-refractivity contribution in [3.63, 3.8) is 0 Å². The van der Waals surface area contributed by atoms with E-state index in [4.69, 9.17) is 5.73 Å². The Labute approximate surface area is 157 Å². The van der Waals surface area contributed by atoms with Crippen molar-refractivity contribution in [2.45, 2.75) is 12.8 Å². The lowest BCUT2D eigenvalue weighted by molar-refractivity contribution is -0.121. The molecule has 1 aliphatic rings. The van der Waals surface area contributed by atoms with Crippen LogP contribution in [0.3, 0.4) is 0 Å². The average Bonchev–Trinajstić information content (AvgIpc) is 2.69. The molecule has 7 nitrogen and oxygen atoms in total. The Hall–Kier alpha value is -3.35. The van der Waals surface area contributed by atoms with Crippen molar-refractivity contribution < 1.29 is 14.4 Å². The van der Waals surface area contributed by atoms with Gasteiger partial charge in [-0.2, -0.15) is 0 Å². The molecule has 27 heavy (non-hydrogen) atoms. The van der Waals surface area contributed by atoms with Crippen LogP contribution in [0.15, 0.2) is 54.6 Å². The molecule has 3 rings (SSSR count). The molecule has 2 aromatic carbocycles. The lowest BCUT2D eigenvalue weighted by Gasteiger charge is -2.31. The summed E-state index contributed by atoms with van der Waals surface area (Å²) in [4.78, 5) is 38.0. The first-order chi connectivity index (χ1) is 13.0. The van der Waals surface area contributed by atoms with E-state index in [1.807, 2.05) is 30.3 Å². The summed E-state index contributed by atoms with van der Waals surface area (Å²) in [5.41, 5.74) is 6.78. The van der Waals surface area contributed by atoms with Crippen LogP contribution in [0.2, 0.25) is 0 Å². The summed E-state index contributed by atoms with van der Waals surface area (Å²) in [6, 6.07) is 15.7. The molecule has 0 saturated carbocycles. The van der Waals surface area contributed by atoms with Gasteiger partial charge in [-0.15, -0.1) is 0 Å². The van der Waals surface area contributed by atoms with E-state index in [0.717, 1.165) is 5.69 Å². The van der Waals surface area contributed by atoms with E-state index < -0.39 is 5.91 Å². The van der Waals surface area contributed by atoms with E-state index in [9.17, 15) is 14.4 Å². The van der Waals surface area contributed by atoms with Crippen molar-refractivity contribution in [3.8, 4) is 0 Å². The summed E-state index contributed by atoms with van der Waals surface area (Å²) < 4.78 is 0. The molecule has 4 amide bonds. The molecular weight excluding hydrogens is 344 g/mol. The number of hydrogen-bond donors (Lipinski definition) is 3. The van der Waals surface area contributed by atoms with Crippen LogP contribution in [0.1, 0.15) is 23.2 Å². The highest BCUT2D eigenvalue weighted by Gasteiger charge is 2.28. The van der Waals surface area contributed by atoms with Crippen molar-refractivity contribution in [2.24, 2.45) is 11.7 Å². The molecule has 1 aliphatic heterocycles. The number of rotatable bonds is 4. The van der Waals surface area contributed by atoms with Gasteiger partial charge >= 0.3 is 6.03 Å². The number of anilines is 2. The molecule has 7 heteroatoms. The van der Waals surface area contributed by atoms with Crippen LogP contribution in [0.5, 0.6) is 0 Å². The van der Waals surface area contributed by atoms with Gasteiger partial charge in [-0.25, -0.2) is 4.79 Å². The second-order valence-corrected chi connectivity index (χ2v) is 6.46. The molecule has 2 aromatic rings. The number of para-hydroxylation sites is 2. The molecule has 0 aliphatic carbocycles. The molecule has 4 N–H and O–H groups in total. The second kappa shape index (κ2) is 8.35. The number of nitrogens with two attached hydrogens (primary N) is 1. The van der Waals surface area contributed by atoms with Gasteiger partial charge in [0.25, 0.3) is 5.91 Å². The molecule has 140 valence electrons. The van der Waals surface area contributed by atoms with Gasteiger partial charge in [0.05, 0.1) is 11.3 Å². The smallest absolute Gasteiger partial charge is 0.321 e. The third-order valence-corrected chi connectivity index (χ3v) is 4.63. The highest BCUT2D eigenvalue weighted by molar-refractivity contribution is 6.03. The number of piperidine rings is 1. The Morgan fingerprint density at radius 2 is 1.52 bits per heavy atom. The summed E-state index contributed by atoms with van der Waals surface area (Å²) in [7, 11) is 0. The van der Waals surface area contributed by atoms with Gasteiger partial charge in [-0.3, -0.25) is 9.59 Å². The lowest BCUT2D eigenvalue weighted by atomic mass is 9.96. The molecule has 0 aromatic heterocycles. The van der Waals surface area contributed by atoms with Crippen molar-refractivity contribution in [1.29, 1.82) is 0 Å². The molecule has 0 spiro atoms. The van der Waals surface area contributed by atoms with Crippen LogP contribution < -0.4 is 16.4 Å². The van der Waals surface area contributed by atoms with E-state index in [1.54, 1.807) is 29.2 Å². The predicted octanol–water partition coefficient (Wildman–Crippen LogP) is 2.67. The molecule has 0 unspecified atom stereocenters. The first kappa shape index (κ1) is 18.4. The fraction of sp³-hybridized carbons (Fsp3) is 0.250. The Kier molecular flexibility index (Phi) is 5.71. The fourth-order valence-corrected chi connectivity index (χ4v) is 3.11. The van der Waals surface area contributed by atoms with E-state index in [1.165, 1.54) is 0 Å². The SMILES string of the molecule is NC(=O)c1ccccc1NC(=O)C1CCN(C(=O)Nc2ccccc2)CC1. The average molecular weight is 366 g/mol. The van der Waals surface area contributed by atoms with Crippen LogP contribution >= 0.6 is 0 Å². The summed E-state index contributed by atoms with van der Waals surface area (Å²) in [5, 5.41) is 5.64. The van der Waals surface area contributed by atoms with Gasteiger partial charge in [-0.1, -0.05) is 30.3 Å². The normalized spacial score (nSPS) is 14.4. The molecule has 1 fully saturated rings. The van der Waals surface area contributed by atoms with E-state index >= 15 is 0 Å². The highest BCUT2D eigenvalue weighted by atomic mass is 16.2. The van der Waals surface area contributed by atoms with Crippen molar-refractivity contribution in [3.05, 3.63) is 60.2 Å². The maximum Gasteiger partial charge on any atom is 0.321 e. The summed E-state index contributed by atoms with van der Waals surface area (Å²) in [5.74, 6) is -0.961. The summed E-state index contributed by atoms with van der Waals surface area (Å²) >= 11 is 0. The number of hydrogen-bond acceptors (Lipinski definition) is 3. The minimum Gasteiger partial charge on any atom is -0.366 e. The number of urea groups is 1. The topological polar surface area (TPSA) is 105 Å². The van der Waals surface area contributed by atoms with E-state index in [-0.39, 0.29) is 23.4 Å². The number of nitrogens with zero attached hydrogens (tertiary/aromatic N) is 1. The fourth-order valence-electron chi connectivity index (χ4n) is 3.11. The first-order valence-corrected chi connectivity index (χ1v) is 8.85. The Balaban J connectivity index is 1.54. The number of primary amides is 1. The Morgan fingerprint density at radius 1 is 0.889 bits per heavy atom. The minimum absolute atomic E-state index is 0.160. The quantitative estimate of drug-likeness (QED) is 0.775. The van der Waals surface area contributed by atoms with Crippen molar-refractivity contribution in [1.82, 2.24) is 4.90 Å². The van der Waals surface area contributed by atoms with Crippen LogP contribution in [-0.2, 0) is 4.79 Å². The molecule has 0 radical (unpaired) electrons. The van der Waals surface area contributed by atoms with Gasteiger partial charge in [0.15, 0.2) is 0 Å². The number of carbonyl (C=O) groups is 3. The van der Waals surface area contributed by atoms with Gasteiger partial charge in [0.2, 0.25) is 5.91 Å². The number of amides is 4. The second-order valence-electron chi connectivity index (χ2n) is 6.46. The number of carbonyl (C=O) groups excluding carboxylic acids is 3. The maximum atomic E-state index is 12.5. The number of nitrogens with one attached hydrogen (secondary N) is 2. The summed E-state index contributed by atoms with van der Waals surface area (Å²) in [6.45, 7) is 0.989. The predicted molar refractivity (Wildman–Crippen MR) is 103 cm³/mol. The third kappa shape index (κ3) is 4.63. The van der Waals surface area contributed by atoms with Crippen LogP contribution in [-0.4, -0.2) is 35.8 Å². The van der Waals surface area contributed by atoms with E-state index in [2.05, 4.69) is 10.6 Å². The van der Waals surface area contributed by atoms with Gasteiger partial charge in [0, 0.05) is 24.7 Å². The monoisotopic (exact) mass is 366 g/mol. The standard InChI is InChI=1S/C20H22N4O3/c21-18(25)16-8-4-5-9-17(16)23-19(26)14-10-12-24(13-11-14)20(27)22-15-6-2-1-3-7-15/h1-9,14H,10-13H2,(H2,21,25)(H,22,27)(H,23,26). The zero-order valence-electron chi connectivity index (χ0n) is 14.9. The van der Waals surface area contributed by atoms with Crippen molar-refractivity contribution in [2.75, 3.05) is 23.7 Å². The number of likely N-dealkylation sites (tertiary alicyclic amines) is 1. The largest absolute Gasteiger partial charge is 0.366 e. The maximum absolute atomic E-state index is 12.5. The lowest BCUT2D eigenvalue weighted by Crippen LogP contribution is -2.43. The van der Waals surface area contributed by atoms with Gasteiger partial charge < -0.3 is 21.3 Å². The molecule has 1 saturated heterocycles. The van der Waals surface area contributed by atoms with Gasteiger partial charge in [-0.05, 0) is 37.1 Å². The Morgan fingerprint density at radius 3 is 2.19 bits per heavy atom. The summed E-state index contributed by atoms with van der Waals surface area (Å²) in [6.07, 6.45) is 1.12. The van der Waals surface area contributed by atoms with Crippen LogP contribution in [0, 0.1) is 5.92 Å².